The van der Waals surface area contributed by atoms with Crippen molar-refractivity contribution in [3.8, 4) is 0 Å². The molecule has 6 nitrogen and oxygen atoms in total. The van der Waals surface area contributed by atoms with Gasteiger partial charge in [-0.3, -0.25) is 9.69 Å². The molecule has 114 valence electrons. The van der Waals surface area contributed by atoms with Crippen molar-refractivity contribution < 1.29 is 14.3 Å². The van der Waals surface area contributed by atoms with Crippen LogP contribution in [0.25, 0.3) is 0 Å². The lowest BCUT2D eigenvalue weighted by atomic mass is 10.1. The Morgan fingerprint density at radius 1 is 1.29 bits per heavy atom. The molecule has 2 N–H and O–H groups in total. The third kappa shape index (κ3) is 4.54. The highest BCUT2D eigenvalue weighted by Gasteiger charge is 2.24. The van der Waals surface area contributed by atoms with Crippen molar-refractivity contribution in [2.24, 2.45) is 0 Å². The number of esters is 1. The normalized spacial score (nSPS) is 17.0. The summed E-state index contributed by atoms with van der Waals surface area (Å²) in [5.74, 6) is -0.633. The van der Waals surface area contributed by atoms with E-state index in [0.717, 1.165) is 31.7 Å². The molecule has 0 aromatic heterocycles. The fourth-order valence-corrected chi connectivity index (χ4v) is 2.32. The van der Waals surface area contributed by atoms with Gasteiger partial charge in [-0.2, -0.15) is 0 Å². The molecular weight excluding hydrogens is 270 g/mol. The van der Waals surface area contributed by atoms with Crippen LogP contribution in [0.15, 0.2) is 30.3 Å². The fraction of sp³-hybridized carbons (Fsp3) is 0.467. The van der Waals surface area contributed by atoms with Crippen LogP contribution in [0.1, 0.15) is 11.6 Å². The van der Waals surface area contributed by atoms with Gasteiger partial charge in [-0.1, -0.05) is 30.3 Å². The summed E-state index contributed by atoms with van der Waals surface area (Å²) in [5, 5.41) is 5.99. The Balaban J connectivity index is 1.98. The third-order valence-electron chi connectivity index (χ3n) is 3.45. The number of ether oxygens (including phenoxy) is 1. The topological polar surface area (TPSA) is 70.7 Å². The number of rotatable bonds is 5. The van der Waals surface area contributed by atoms with Crippen molar-refractivity contribution in [3.05, 3.63) is 35.9 Å². The minimum atomic E-state index is -0.758. The predicted octanol–water partition coefficient (Wildman–Crippen LogP) is -0.0779. The summed E-state index contributed by atoms with van der Waals surface area (Å²) < 4.78 is 4.78. The molecule has 1 aromatic rings. The van der Waals surface area contributed by atoms with Crippen LogP contribution in [0.5, 0.6) is 0 Å². The zero-order valence-electron chi connectivity index (χ0n) is 12.2. The van der Waals surface area contributed by atoms with Crippen LogP contribution in [0.4, 0.5) is 0 Å². The van der Waals surface area contributed by atoms with Crippen molar-refractivity contribution in [3.63, 3.8) is 0 Å². The molecule has 0 spiro atoms. The number of methoxy groups -OCH3 is 1. The van der Waals surface area contributed by atoms with Crippen LogP contribution < -0.4 is 10.6 Å². The van der Waals surface area contributed by atoms with E-state index < -0.39 is 12.0 Å². The molecule has 21 heavy (non-hydrogen) atoms. The number of nitrogens with one attached hydrogen (secondary N) is 2. The van der Waals surface area contributed by atoms with E-state index in [2.05, 4.69) is 15.5 Å². The molecule has 1 atom stereocenters. The highest BCUT2D eigenvalue weighted by Crippen LogP contribution is 2.14. The Kier molecular flexibility index (Phi) is 5.71. The van der Waals surface area contributed by atoms with Gasteiger partial charge in [-0.15, -0.1) is 0 Å². The SMILES string of the molecule is COC(=O)C(NC(=O)CN1CCNCC1)c1ccccc1. The first-order valence-corrected chi connectivity index (χ1v) is 7.06. The molecule has 2 rings (SSSR count). The second-order valence-electron chi connectivity index (χ2n) is 4.96. The minimum Gasteiger partial charge on any atom is -0.467 e. The highest BCUT2D eigenvalue weighted by atomic mass is 16.5. The quantitative estimate of drug-likeness (QED) is 0.743. The summed E-state index contributed by atoms with van der Waals surface area (Å²) in [6.07, 6.45) is 0. The summed E-state index contributed by atoms with van der Waals surface area (Å²) in [4.78, 5) is 26.1. The molecule has 1 saturated heterocycles. The average molecular weight is 291 g/mol. The molecule has 1 unspecified atom stereocenters. The van der Waals surface area contributed by atoms with Crippen LogP contribution >= 0.6 is 0 Å². The number of hydrogen-bond donors (Lipinski definition) is 2. The lowest BCUT2D eigenvalue weighted by Crippen LogP contribution is -2.48. The maximum atomic E-state index is 12.1. The number of nitrogens with zero attached hydrogens (tertiary/aromatic N) is 1. The molecule has 0 aliphatic carbocycles. The molecule has 0 saturated carbocycles. The van der Waals surface area contributed by atoms with E-state index in [1.807, 2.05) is 18.2 Å². The average Bonchev–Trinajstić information content (AvgIpc) is 2.53. The number of benzene rings is 1. The van der Waals surface area contributed by atoms with E-state index >= 15 is 0 Å². The zero-order chi connectivity index (χ0) is 15.1. The Hall–Kier alpha value is -1.92. The highest BCUT2D eigenvalue weighted by molar-refractivity contribution is 5.86. The largest absolute Gasteiger partial charge is 0.467 e. The van der Waals surface area contributed by atoms with Gasteiger partial charge in [0.25, 0.3) is 0 Å². The Bertz CT molecular complexity index is 472. The minimum absolute atomic E-state index is 0.170. The smallest absolute Gasteiger partial charge is 0.333 e. The molecular formula is C15H21N3O3. The van der Waals surface area contributed by atoms with E-state index in [-0.39, 0.29) is 5.91 Å². The number of carbonyl (C=O) groups is 2. The summed E-state index contributed by atoms with van der Waals surface area (Å²) >= 11 is 0. The Morgan fingerprint density at radius 3 is 2.57 bits per heavy atom. The summed E-state index contributed by atoms with van der Waals surface area (Å²) in [5.41, 5.74) is 0.720. The molecule has 0 radical (unpaired) electrons. The van der Waals surface area contributed by atoms with Crippen molar-refractivity contribution in [1.29, 1.82) is 0 Å². The maximum Gasteiger partial charge on any atom is 0.333 e. The Morgan fingerprint density at radius 2 is 1.95 bits per heavy atom. The second-order valence-corrected chi connectivity index (χ2v) is 4.96. The lowest BCUT2D eigenvalue weighted by Gasteiger charge is -2.27. The molecule has 1 aliphatic heterocycles. The first-order valence-electron chi connectivity index (χ1n) is 7.06. The first-order chi connectivity index (χ1) is 10.2. The molecule has 1 aliphatic rings. The van der Waals surface area contributed by atoms with Crippen LogP contribution in [-0.2, 0) is 14.3 Å². The molecule has 1 fully saturated rings. The van der Waals surface area contributed by atoms with E-state index in [9.17, 15) is 9.59 Å². The maximum absolute atomic E-state index is 12.1. The van der Waals surface area contributed by atoms with E-state index in [1.54, 1.807) is 12.1 Å². The van der Waals surface area contributed by atoms with Crippen LogP contribution in [0.2, 0.25) is 0 Å². The number of carbonyl (C=O) groups excluding carboxylic acids is 2. The molecule has 6 heteroatoms. The summed E-state index contributed by atoms with van der Waals surface area (Å²) in [6, 6.07) is 8.35. The monoisotopic (exact) mass is 291 g/mol. The van der Waals surface area contributed by atoms with Gasteiger partial charge in [0.2, 0.25) is 5.91 Å². The van der Waals surface area contributed by atoms with Crippen molar-refractivity contribution in [2.45, 2.75) is 6.04 Å². The Labute approximate surface area is 124 Å². The summed E-state index contributed by atoms with van der Waals surface area (Å²) in [7, 11) is 1.32. The van der Waals surface area contributed by atoms with Gasteiger partial charge in [0.15, 0.2) is 6.04 Å². The number of hydrogen-bond acceptors (Lipinski definition) is 5. The van der Waals surface area contributed by atoms with E-state index in [4.69, 9.17) is 4.74 Å². The van der Waals surface area contributed by atoms with Crippen molar-refractivity contribution in [2.75, 3.05) is 39.8 Å². The fourth-order valence-electron chi connectivity index (χ4n) is 2.32. The number of piperazine rings is 1. The molecule has 1 aromatic carbocycles. The van der Waals surface area contributed by atoms with Gasteiger partial charge in [-0.25, -0.2) is 4.79 Å². The lowest BCUT2D eigenvalue weighted by molar-refractivity contribution is -0.145. The van der Waals surface area contributed by atoms with Gasteiger partial charge in [0, 0.05) is 26.2 Å². The number of amides is 1. The van der Waals surface area contributed by atoms with Crippen molar-refractivity contribution in [1.82, 2.24) is 15.5 Å². The summed E-state index contributed by atoms with van der Waals surface area (Å²) in [6.45, 7) is 3.73. The zero-order valence-corrected chi connectivity index (χ0v) is 12.2. The van der Waals surface area contributed by atoms with Gasteiger partial charge in [0.1, 0.15) is 0 Å². The van der Waals surface area contributed by atoms with Gasteiger partial charge in [-0.05, 0) is 5.56 Å². The van der Waals surface area contributed by atoms with Crippen LogP contribution in [-0.4, -0.2) is 56.6 Å². The first kappa shape index (κ1) is 15.5. The molecule has 1 heterocycles. The van der Waals surface area contributed by atoms with Gasteiger partial charge in [0.05, 0.1) is 13.7 Å². The molecule has 0 bridgehead atoms. The second kappa shape index (κ2) is 7.75. The van der Waals surface area contributed by atoms with Crippen LogP contribution in [0.3, 0.4) is 0 Å². The molecule has 1 amide bonds. The van der Waals surface area contributed by atoms with Gasteiger partial charge >= 0.3 is 5.97 Å². The predicted molar refractivity (Wildman–Crippen MR) is 78.7 cm³/mol. The van der Waals surface area contributed by atoms with Crippen LogP contribution in [0, 0.1) is 0 Å². The van der Waals surface area contributed by atoms with E-state index in [0.29, 0.717) is 6.54 Å². The standard InChI is InChI=1S/C15H21N3O3/c1-21-15(20)14(12-5-3-2-4-6-12)17-13(19)11-18-9-7-16-8-10-18/h2-6,14,16H,7-11H2,1H3,(H,17,19). The van der Waals surface area contributed by atoms with E-state index in [1.165, 1.54) is 7.11 Å². The van der Waals surface area contributed by atoms with Gasteiger partial charge < -0.3 is 15.4 Å². The van der Waals surface area contributed by atoms with Crippen molar-refractivity contribution >= 4 is 11.9 Å². The third-order valence-corrected chi connectivity index (χ3v) is 3.45.